The van der Waals surface area contributed by atoms with Crippen LogP contribution in [0.2, 0.25) is 0 Å². The van der Waals surface area contributed by atoms with Gasteiger partial charge in [0.2, 0.25) is 0 Å². The molecule has 4 heteroatoms. The molecule has 0 saturated carbocycles. The summed E-state index contributed by atoms with van der Waals surface area (Å²) >= 11 is 6.81. The van der Waals surface area contributed by atoms with Gasteiger partial charge in [0.1, 0.15) is 0 Å². The summed E-state index contributed by atoms with van der Waals surface area (Å²) in [6, 6.07) is 15.4. The van der Waals surface area contributed by atoms with Crippen molar-refractivity contribution in [3.63, 3.8) is 0 Å². The average Bonchev–Trinajstić information content (AvgIpc) is 2.46. The first-order valence-corrected chi connectivity index (χ1v) is 8.10. The number of aliphatic carboxylic acids is 1. The van der Waals surface area contributed by atoms with E-state index in [4.69, 9.17) is 0 Å². The molecule has 2 rings (SSSR count). The highest BCUT2D eigenvalue weighted by Gasteiger charge is 2.16. The molecule has 0 radical (unpaired) electrons. The van der Waals surface area contributed by atoms with E-state index < -0.39 is 5.97 Å². The highest BCUT2D eigenvalue weighted by atomic mass is 79.9. The quantitative estimate of drug-likeness (QED) is 0.676. The van der Waals surface area contributed by atoms with Crippen LogP contribution in [0.15, 0.2) is 63.0 Å². The Hall–Kier alpha value is -1.39. The molecular weight excluding hydrogens is 396 g/mol. The van der Waals surface area contributed by atoms with Gasteiger partial charge in [0.15, 0.2) is 0 Å². The van der Waals surface area contributed by atoms with Crippen LogP contribution >= 0.6 is 31.9 Å². The molecule has 0 heterocycles. The van der Waals surface area contributed by atoms with Gasteiger partial charge < -0.3 is 5.11 Å². The van der Waals surface area contributed by atoms with Crippen LogP contribution in [-0.4, -0.2) is 11.1 Å². The Morgan fingerprint density at radius 1 is 0.905 bits per heavy atom. The molecule has 2 nitrogen and oxygen atoms in total. The average molecular weight is 410 g/mol. The zero-order valence-corrected chi connectivity index (χ0v) is 14.6. The van der Waals surface area contributed by atoms with Gasteiger partial charge in [-0.2, -0.15) is 0 Å². The Labute approximate surface area is 140 Å². The number of halogens is 2. The molecule has 0 aromatic heterocycles. The Kier molecular flexibility index (Phi) is 5.37. The third kappa shape index (κ3) is 3.83. The van der Waals surface area contributed by atoms with Crippen molar-refractivity contribution in [3.05, 3.63) is 74.2 Å². The molecule has 108 valence electrons. The van der Waals surface area contributed by atoms with E-state index in [0.29, 0.717) is 12.0 Å². The summed E-state index contributed by atoms with van der Waals surface area (Å²) in [5.74, 6) is -0.877. The SMILES string of the molecule is CCC(C(=O)O)=C(c1ccc(Br)cc1)c1ccc(Br)cc1. The van der Waals surface area contributed by atoms with E-state index >= 15 is 0 Å². The van der Waals surface area contributed by atoms with Gasteiger partial charge in [-0.25, -0.2) is 4.79 Å². The third-order valence-electron chi connectivity index (χ3n) is 3.18. The molecule has 0 atom stereocenters. The van der Waals surface area contributed by atoms with E-state index in [-0.39, 0.29) is 0 Å². The lowest BCUT2D eigenvalue weighted by molar-refractivity contribution is -0.132. The van der Waals surface area contributed by atoms with Gasteiger partial charge in [0.25, 0.3) is 0 Å². The molecule has 0 aliphatic rings. The predicted octanol–water partition coefficient (Wildman–Crippen LogP) is 5.51. The predicted molar refractivity (Wildman–Crippen MR) is 92.2 cm³/mol. The van der Waals surface area contributed by atoms with Crippen molar-refractivity contribution in [2.45, 2.75) is 13.3 Å². The van der Waals surface area contributed by atoms with Crippen molar-refractivity contribution in [2.24, 2.45) is 0 Å². The van der Waals surface area contributed by atoms with E-state index in [0.717, 1.165) is 25.6 Å². The van der Waals surface area contributed by atoms with Gasteiger partial charge in [-0.15, -0.1) is 0 Å². The minimum atomic E-state index is -0.877. The van der Waals surface area contributed by atoms with Crippen LogP contribution < -0.4 is 0 Å². The van der Waals surface area contributed by atoms with E-state index in [1.165, 1.54) is 0 Å². The molecule has 21 heavy (non-hydrogen) atoms. The number of hydrogen-bond donors (Lipinski definition) is 1. The minimum absolute atomic E-state index is 0.416. The van der Waals surface area contributed by atoms with E-state index in [2.05, 4.69) is 31.9 Å². The summed E-state index contributed by atoms with van der Waals surface area (Å²) in [6.07, 6.45) is 0.469. The molecule has 0 aliphatic carbocycles. The molecule has 0 bridgehead atoms. The maximum atomic E-state index is 11.6. The van der Waals surface area contributed by atoms with Crippen molar-refractivity contribution >= 4 is 43.4 Å². The first kappa shape index (κ1) is 16.0. The topological polar surface area (TPSA) is 37.3 Å². The lowest BCUT2D eigenvalue weighted by atomic mass is 9.92. The second kappa shape index (κ2) is 7.05. The third-order valence-corrected chi connectivity index (χ3v) is 4.24. The smallest absolute Gasteiger partial charge is 0.332 e. The monoisotopic (exact) mass is 408 g/mol. The van der Waals surface area contributed by atoms with E-state index in [1.807, 2.05) is 55.5 Å². The summed E-state index contributed by atoms with van der Waals surface area (Å²) in [5.41, 5.74) is 2.99. The first-order valence-electron chi connectivity index (χ1n) is 6.51. The lowest BCUT2D eigenvalue weighted by Crippen LogP contribution is -2.04. The Bertz CT molecular complexity index is 623. The molecule has 0 fully saturated rings. The zero-order valence-electron chi connectivity index (χ0n) is 11.4. The molecule has 0 saturated heterocycles. The molecule has 0 aliphatic heterocycles. The van der Waals surface area contributed by atoms with Gasteiger partial charge in [0, 0.05) is 14.5 Å². The fourth-order valence-corrected chi connectivity index (χ4v) is 2.71. The number of carboxylic acids is 1. The van der Waals surface area contributed by atoms with Crippen LogP contribution in [0.4, 0.5) is 0 Å². The summed E-state index contributed by atoms with van der Waals surface area (Å²) in [6.45, 7) is 1.86. The lowest BCUT2D eigenvalue weighted by Gasteiger charge is -2.13. The fourth-order valence-electron chi connectivity index (χ4n) is 2.18. The van der Waals surface area contributed by atoms with Crippen molar-refractivity contribution in [1.29, 1.82) is 0 Å². The number of hydrogen-bond acceptors (Lipinski definition) is 1. The Balaban J connectivity index is 2.67. The van der Waals surface area contributed by atoms with Crippen molar-refractivity contribution in [1.82, 2.24) is 0 Å². The molecule has 0 amide bonds. The van der Waals surface area contributed by atoms with Gasteiger partial charge in [-0.05, 0) is 47.4 Å². The van der Waals surface area contributed by atoms with Gasteiger partial charge in [0.05, 0.1) is 0 Å². The van der Waals surface area contributed by atoms with Gasteiger partial charge in [-0.1, -0.05) is 63.0 Å². The first-order chi connectivity index (χ1) is 10.0. The van der Waals surface area contributed by atoms with Crippen molar-refractivity contribution in [2.75, 3.05) is 0 Å². The van der Waals surface area contributed by atoms with Crippen LogP contribution in [0.25, 0.3) is 5.57 Å². The van der Waals surface area contributed by atoms with Crippen LogP contribution in [0.3, 0.4) is 0 Å². The molecular formula is C17H14Br2O2. The summed E-state index contributed by atoms with van der Waals surface area (Å²) in [4.78, 5) is 11.6. The highest BCUT2D eigenvalue weighted by molar-refractivity contribution is 9.10. The molecule has 0 unspecified atom stereocenters. The van der Waals surface area contributed by atoms with Gasteiger partial charge in [-0.3, -0.25) is 0 Å². The normalized spacial score (nSPS) is 10.2. The van der Waals surface area contributed by atoms with E-state index in [9.17, 15) is 9.90 Å². The molecule has 2 aromatic carbocycles. The largest absolute Gasteiger partial charge is 0.478 e. The van der Waals surface area contributed by atoms with Crippen LogP contribution in [0, 0.1) is 0 Å². The number of benzene rings is 2. The highest BCUT2D eigenvalue weighted by Crippen LogP contribution is 2.30. The summed E-state index contributed by atoms with van der Waals surface area (Å²) in [7, 11) is 0. The second-order valence-electron chi connectivity index (χ2n) is 4.53. The summed E-state index contributed by atoms with van der Waals surface area (Å²) < 4.78 is 1.93. The fraction of sp³-hybridized carbons (Fsp3) is 0.118. The number of rotatable bonds is 4. The number of carbonyl (C=O) groups is 1. The molecule has 1 N–H and O–H groups in total. The van der Waals surface area contributed by atoms with Gasteiger partial charge >= 0.3 is 5.97 Å². The minimum Gasteiger partial charge on any atom is -0.478 e. The maximum Gasteiger partial charge on any atom is 0.332 e. The Morgan fingerprint density at radius 3 is 1.57 bits per heavy atom. The van der Waals surface area contributed by atoms with Crippen molar-refractivity contribution < 1.29 is 9.90 Å². The van der Waals surface area contributed by atoms with Crippen LogP contribution in [0.5, 0.6) is 0 Å². The Morgan fingerprint density at radius 2 is 1.29 bits per heavy atom. The van der Waals surface area contributed by atoms with Crippen molar-refractivity contribution in [3.8, 4) is 0 Å². The molecule has 0 spiro atoms. The summed E-state index contributed by atoms with van der Waals surface area (Å²) in [5, 5.41) is 9.50. The number of carboxylic acid groups (broad SMARTS) is 1. The standard InChI is InChI=1S/C17H14Br2O2/c1-2-15(17(20)21)16(11-3-7-13(18)8-4-11)12-5-9-14(19)10-6-12/h3-10H,2H2,1H3,(H,20,21). The maximum absolute atomic E-state index is 11.6. The zero-order chi connectivity index (χ0) is 15.4. The van der Waals surface area contributed by atoms with Crippen LogP contribution in [0.1, 0.15) is 24.5 Å². The van der Waals surface area contributed by atoms with E-state index in [1.54, 1.807) is 0 Å². The molecule has 2 aromatic rings. The van der Waals surface area contributed by atoms with Crippen LogP contribution in [-0.2, 0) is 4.79 Å². The second-order valence-corrected chi connectivity index (χ2v) is 6.36.